The van der Waals surface area contributed by atoms with Gasteiger partial charge in [-0.3, -0.25) is 4.98 Å². The first-order valence-corrected chi connectivity index (χ1v) is 4.90. The highest BCUT2D eigenvalue weighted by Crippen LogP contribution is 2.47. The second-order valence-corrected chi connectivity index (χ2v) is 4.04. The van der Waals surface area contributed by atoms with Crippen LogP contribution in [0.3, 0.4) is 0 Å². The van der Waals surface area contributed by atoms with Crippen LogP contribution in [0, 0.1) is 5.92 Å². The van der Waals surface area contributed by atoms with Gasteiger partial charge in [0.1, 0.15) is 0 Å². The van der Waals surface area contributed by atoms with Crippen molar-refractivity contribution in [3.8, 4) is 0 Å². The molecule has 0 amide bonds. The van der Waals surface area contributed by atoms with Crippen LogP contribution < -0.4 is 5.73 Å². The van der Waals surface area contributed by atoms with E-state index in [2.05, 4.69) is 18.0 Å². The van der Waals surface area contributed by atoms with Crippen molar-refractivity contribution in [1.29, 1.82) is 0 Å². The first kappa shape index (κ1) is 8.70. The third-order valence-electron chi connectivity index (χ3n) is 3.57. The smallest absolute Gasteiger partial charge is 0.0306 e. The minimum absolute atomic E-state index is 0.230. The Balaban J connectivity index is 2.33. The molecule has 1 aromatic rings. The summed E-state index contributed by atoms with van der Waals surface area (Å²) in [7, 11) is 0. The molecule has 0 spiro atoms. The van der Waals surface area contributed by atoms with Crippen molar-refractivity contribution < 1.29 is 0 Å². The van der Waals surface area contributed by atoms with Crippen molar-refractivity contribution in [2.24, 2.45) is 11.7 Å². The van der Waals surface area contributed by atoms with Gasteiger partial charge in [-0.15, -0.1) is 0 Å². The van der Waals surface area contributed by atoms with Crippen LogP contribution in [-0.2, 0) is 5.41 Å². The topological polar surface area (TPSA) is 38.9 Å². The Morgan fingerprint density at radius 3 is 2.92 bits per heavy atom. The number of nitrogens with zero attached hydrogens (tertiary/aromatic N) is 1. The van der Waals surface area contributed by atoms with Crippen LogP contribution in [0.2, 0.25) is 0 Å². The molecule has 0 saturated heterocycles. The van der Waals surface area contributed by atoms with Crippen molar-refractivity contribution >= 4 is 0 Å². The normalized spacial score (nSPS) is 32.6. The van der Waals surface area contributed by atoms with Gasteiger partial charge in [-0.25, -0.2) is 0 Å². The Morgan fingerprint density at radius 2 is 2.54 bits per heavy atom. The van der Waals surface area contributed by atoms with Crippen molar-refractivity contribution in [2.75, 3.05) is 6.54 Å². The fourth-order valence-corrected chi connectivity index (χ4v) is 2.29. The second kappa shape index (κ2) is 3.11. The summed E-state index contributed by atoms with van der Waals surface area (Å²) in [6, 6.07) is 4.15. The number of rotatable bonds is 2. The number of pyridine rings is 1. The molecule has 2 rings (SSSR count). The fourth-order valence-electron chi connectivity index (χ4n) is 2.29. The Kier molecular flexibility index (Phi) is 2.08. The summed E-state index contributed by atoms with van der Waals surface area (Å²) in [6.45, 7) is 3.03. The van der Waals surface area contributed by atoms with E-state index in [1.54, 1.807) is 0 Å². The molecule has 0 radical (unpaired) electrons. The number of hydrogen-bond acceptors (Lipinski definition) is 2. The number of aromatic nitrogens is 1. The average Bonchev–Trinajstić information content (AvgIpc) is 2.19. The zero-order valence-corrected chi connectivity index (χ0v) is 8.03. The molecule has 0 bridgehead atoms. The number of nitrogens with two attached hydrogens (primary N) is 1. The summed E-state index contributed by atoms with van der Waals surface area (Å²) in [5.41, 5.74) is 7.41. The molecule has 1 heterocycles. The van der Waals surface area contributed by atoms with E-state index < -0.39 is 0 Å². The summed E-state index contributed by atoms with van der Waals surface area (Å²) in [6.07, 6.45) is 6.29. The lowest BCUT2D eigenvalue weighted by Gasteiger charge is -2.47. The molecule has 0 aromatic carbocycles. The van der Waals surface area contributed by atoms with Gasteiger partial charge in [-0.05, 0) is 30.4 Å². The molecule has 2 N–H and O–H groups in total. The van der Waals surface area contributed by atoms with Gasteiger partial charge in [0.05, 0.1) is 0 Å². The maximum Gasteiger partial charge on any atom is 0.0306 e. The lowest BCUT2D eigenvalue weighted by atomic mass is 9.58. The summed E-state index contributed by atoms with van der Waals surface area (Å²) in [5.74, 6) is 0.710. The van der Waals surface area contributed by atoms with Crippen LogP contribution in [-0.4, -0.2) is 11.5 Å². The van der Waals surface area contributed by atoms with Crippen molar-refractivity contribution in [3.63, 3.8) is 0 Å². The van der Waals surface area contributed by atoms with Crippen molar-refractivity contribution in [2.45, 2.75) is 25.2 Å². The minimum Gasteiger partial charge on any atom is -0.330 e. The Bertz CT molecular complexity index is 279. The van der Waals surface area contributed by atoms with Gasteiger partial charge in [0.25, 0.3) is 0 Å². The molecule has 1 fully saturated rings. The van der Waals surface area contributed by atoms with Crippen LogP contribution >= 0.6 is 0 Å². The summed E-state index contributed by atoms with van der Waals surface area (Å²) in [4.78, 5) is 4.16. The van der Waals surface area contributed by atoms with Crippen molar-refractivity contribution in [1.82, 2.24) is 4.98 Å². The summed E-state index contributed by atoms with van der Waals surface area (Å²) < 4.78 is 0. The van der Waals surface area contributed by atoms with E-state index in [4.69, 9.17) is 5.73 Å². The molecule has 1 aliphatic rings. The van der Waals surface area contributed by atoms with Gasteiger partial charge in [0, 0.05) is 24.4 Å². The monoisotopic (exact) mass is 176 g/mol. The van der Waals surface area contributed by atoms with Crippen LogP contribution in [0.4, 0.5) is 0 Å². The van der Waals surface area contributed by atoms with E-state index in [-0.39, 0.29) is 5.41 Å². The standard InChI is InChI=1S/C11H16N2/c1-9-4-5-11(9,8-12)10-3-2-6-13-7-10/h2-3,6-7,9H,4-5,8,12H2,1H3. The first-order valence-electron chi connectivity index (χ1n) is 4.90. The molecular formula is C11H16N2. The Labute approximate surface area is 79.2 Å². The highest BCUT2D eigenvalue weighted by Gasteiger charge is 2.44. The van der Waals surface area contributed by atoms with Gasteiger partial charge in [0.2, 0.25) is 0 Å². The van der Waals surface area contributed by atoms with Gasteiger partial charge in [-0.2, -0.15) is 0 Å². The summed E-state index contributed by atoms with van der Waals surface area (Å²) in [5, 5.41) is 0. The molecule has 1 aromatic heterocycles. The van der Waals surface area contributed by atoms with E-state index in [1.807, 2.05) is 18.5 Å². The first-order chi connectivity index (χ1) is 6.29. The zero-order chi connectivity index (χ0) is 9.31. The van der Waals surface area contributed by atoms with Gasteiger partial charge >= 0.3 is 0 Å². The van der Waals surface area contributed by atoms with Crippen LogP contribution in [0.25, 0.3) is 0 Å². The maximum absolute atomic E-state index is 5.86. The number of hydrogen-bond donors (Lipinski definition) is 1. The SMILES string of the molecule is CC1CCC1(CN)c1cccnc1. The van der Waals surface area contributed by atoms with E-state index in [9.17, 15) is 0 Å². The van der Waals surface area contributed by atoms with Crippen LogP contribution in [0.1, 0.15) is 25.3 Å². The molecule has 2 unspecified atom stereocenters. The zero-order valence-electron chi connectivity index (χ0n) is 8.03. The lowest BCUT2D eigenvalue weighted by Crippen LogP contribution is -2.48. The van der Waals surface area contributed by atoms with Crippen LogP contribution in [0.5, 0.6) is 0 Å². The third kappa shape index (κ3) is 1.17. The largest absolute Gasteiger partial charge is 0.330 e. The lowest BCUT2D eigenvalue weighted by molar-refractivity contribution is 0.146. The second-order valence-electron chi connectivity index (χ2n) is 4.04. The average molecular weight is 176 g/mol. The third-order valence-corrected chi connectivity index (χ3v) is 3.57. The van der Waals surface area contributed by atoms with Gasteiger partial charge < -0.3 is 5.73 Å². The molecule has 70 valence electrons. The van der Waals surface area contributed by atoms with Gasteiger partial charge in [0.15, 0.2) is 0 Å². The predicted octanol–water partition coefficient (Wildman–Crippen LogP) is 1.71. The Morgan fingerprint density at radius 1 is 1.69 bits per heavy atom. The molecule has 2 nitrogen and oxygen atoms in total. The molecule has 13 heavy (non-hydrogen) atoms. The van der Waals surface area contributed by atoms with E-state index in [0.29, 0.717) is 5.92 Å². The van der Waals surface area contributed by atoms with E-state index in [1.165, 1.54) is 18.4 Å². The molecule has 0 aliphatic heterocycles. The molecular weight excluding hydrogens is 160 g/mol. The van der Waals surface area contributed by atoms with Crippen LogP contribution in [0.15, 0.2) is 24.5 Å². The highest BCUT2D eigenvalue weighted by atomic mass is 14.7. The predicted molar refractivity (Wildman–Crippen MR) is 53.4 cm³/mol. The molecule has 1 saturated carbocycles. The minimum atomic E-state index is 0.230. The summed E-state index contributed by atoms with van der Waals surface area (Å²) >= 11 is 0. The quantitative estimate of drug-likeness (QED) is 0.745. The highest BCUT2D eigenvalue weighted by molar-refractivity contribution is 5.27. The van der Waals surface area contributed by atoms with Gasteiger partial charge in [-0.1, -0.05) is 13.0 Å². The van der Waals surface area contributed by atoms with E-state index in [0.717, 1.165) is 6.54 Å². The molecule has 2 heteroatoms. The maximum atomic E-state index is 5.86. The Hall–Kier alpha value is -0.890. The van der Waals surface area contributed by atoms with Crippen molar-refractivity contribution in [3.05, 3.63) is 30.1 Å². The fraction of sp³-hybridized carbons (Fsp3) is 0.545. The van der Waals surface area contributed by atoms with E-state index >= 15 is 0 Å². The molecule has 2 atom stereocenters. The molecule has 1 aliphatic carbocycles.